The molecular formula is C19H21Cl2N5O3. The van der Waals surface area contributed by atoms with Gasteiger partial charge >= 0.3 is 5.69 Å². The van der Waals surface area contributed by atoms with E-state index in [1.54, 1.807) is 36.9 Å². The van der Waals surface area contributed by atoms with Crippen LogP contribution in [0.4, 0.5) is 5.95 Å². The Balaban J connectivity index is 1.84. The Hall–Kier alpha value is -2.29. The van der Waals surface area contributed by atoms with Gasteiger partial charge in [0.15, 0.2) is 11.2 Å². The summed E-state index contributed by atoms with van der Waals surface area (Å²) in [4.78, 5) is 32.6. The van der Waals surface area contributed by atoms with Gasteiger partial charge in [-0.05, 0) is 30.5 Å². The second kappa shape index (κ2) is 7.51. The predicted octanol–water partition coefficient (Wildman–Crippen LogP) is 2.36. The molecule has 10 heteroatoms. The molecule has 2 aromatic heterocycles. The first kappa shape index (κ1) is 20.0. The zero-order valence-electron chi connectivity index (χ0n) is 16.4. The SMILES string of the molecule is CN(c1nc2c(c(=O)n(Cc3ccc(Cl)c(Cl)c3)c(=O)n2C)n1C)[C@@H]1CCCO1. The Kier molecular flexibility index (Phi) is 5.18. The molecule has 0 N–H and O–H groups in total. The topological polar surface area (TPSA) is 74.3 Å². The highest BCUT2D eigenvalue weighted by Crippen LogP contribution is 2.24. The van der Waals surface area contributed by atoms with Crippen LogP contribution in [0.25, 0.3) is 11.2 Å². The fourth-order valence-corrected chi connectivity index (χ4v) is 4.02. The van der Waals surface area contributed by atoms with E-state index in [1.165, 1.54) is 9.13 Å². The van der Waals surface area contributed by atoms with Gasteiger partial charge in [0.25, 0.3) is 5.56 Å². The number of rotatable bonds is 4. The Bertz CT molecular complexity index is 1210. The monoisotopic (exact) mass is 437 g/mol. The molecule has 154 valence electrons. The number of ether oxygens (including phenoxy) is 1. The van der Waals surface area contributed by atoms with Crippen LogP contribution in [-0.4, -0.2) is 38.6 Å². The van der Waals surface area contributed by atoms with E-state index in [0.29, 0.717) is 39.3 Å². The van der Waals surface area contributed by atoms with Crippen molar-refractivity contribution in [2.45, 2.75) is 25.6 Å². The molecule has 0 radical (unpaired) electrons. The summed E-state index contributed by atoms with van der Waals surface area (Å²) >= 11 is 12.0. The summed E-state index contributed by atoms with van der Waals surface area (Å²) in [7, 11) is 5.26. The minimum atomic E-state index is -0.446. The van der Waals surface area contributed by atoms with Crippen LogP contribution in [0, 0.1) is 0 Å². The Labute approximate surface area is 176 Å². The normalized spacial score (nSPS) is 16.7. The summed E-state index contributed by atoms with van der Waals surface area (Å²) in [6.07, 6.45) is 1.77. The molecule has 0 aliphatic carbocycles. The largest absolute Gasteiger partial charge is 0.358 e. The molecule has 1 aliphatic heterocycles. The van der Waals surface area contributed by atoms with Crippen molar-refractivity contribution in [1.29, 1.82) is 0 Å². The number of fused-ring (bicyclic) bond motifs is 1. The van der Waals surface area contributed by atoms with Gasteiger partial charge in [-0.3, -0.25) is 13.9 Å². The number of anilines is 1. The van der Waals surface area contributed by atoms with Crippen LogP contribution in [-0.2, 0) is 25.4 Å². The van der Waals surface area contributed by atoms with Gasteiger partial charge in [0.2, 0.25) is 5.95 Å². The predicted molar refractivity (Wildman–Crippen MR) is 113 cm³/mol. The molecule has 1 aliphatic rings. The highest BCUT2D eigenvalue weighted by atomic mass is 35.5. The van der Waals surface area contributed by atoms with E-state index in [4.69, 9.17) is 27.9 Å². The molecule has 29 heavy (non-hydrogen) atoms. The van der Waals surface area contributed by atoms with Crippen molar-refractivity contribution in [2.24, 2.45) is 14.1 Å². The summed E-state index contributed by atoms with van der Waals surface area (Å²) < 4.78 is 10.0. The second-order valence-electron chi connectivity index (χ2n) is 7.20. The second-order valence-corrected chi connectivity index (χ2v) is 8.02. The van der Waals surface area contributed by atoms with Crippen molar-refractivity contribution in [3.8, 4) is 0 Å². The third kappa shape index (κ3) is 3.35. The number of aromatic nitrogens is 4. The van der Waals surface area contributed by atoms with E-state index in [1.807, 2.05) is 11.9 Å². The molecule has 0 spiro atoms. The van der Waals surface area contributed by atoms with E-state index < -0.39 is 11.2 Å². The lowest BCUT2D eigenvalue weighted by atomic mass is 10.2. The summed E-state index contributed by atoms with van der Waals surface area (Å²) in [5, 5.41) is 0.788. The van der Waals surface area contributed by atoms with Crippen molar-refractivity contribution >= 4 is 40.3 Å². The quantitative estimate of drug-likeness (QED) is 0.626. The van der Waals surface area contributed by atoms with Gasteiger partial charge in [-0.1, -0.05) is 29.3 Å². The molecule has 1 saturated heterocycles. The highest BCUT2D eigenvalue weighted by Gasteiger charge is 2.26. The maximum absolute atomic E-state index is 13.2. The minimum absolute atomic E-state index is 0.0838. The molecule has 3 aromatic rings. The zero-order chi connectivity index (χ0) is 20.9. The van der Waals surface area contributed by atoms with Gasteiger partial charge in [-0.2, -0.15) is 4.98 Å². The molecule has 8 nitrogen and oxygen atoms in total. The first-order chi connectivity index (χ1) is 13.8. The molecule has 0 amide bonds. The highest BCUT2D eigenvalue weighted by molar-refractivity contribution is 6.42. The molecule has 0 bridgehead atoms. The third-order valence-electron chi connectivity index (χ3n) is 5.31. The molecular weight excluding hydrogens is 417 g/mol. The maximum atomic E-state index is 13.2. The number of hydrogen-bond donors (Lipinski definition) is 0. The average Bonchev–Trinajstić information content (AvgIpc) is 3.34. The van der Waals surface area contributed by atoms with E-state index in [0.717, 1.165) is 12.8 Å². The molecule has 1 fully saturated rings. The molecule has 1 atom stereocenters. The lowest BCUT2D eigenvalue weighted by Crippen LogP contribution is -2.39. The van der Waals surface area contributed by atoms with Crippen molar-refractivity contribution in [3.63, 3.8) is 0 Å². The number of aryl methyl sites for hydroxylation is 2. The van der Waals surface area contributed by atoms with Crippen LogP contribution in [0.3, 0.4) is 0 Å². The fraction of sp³-hybridized carbons (Fsp3) is 0.421. The average molecular weight is 438 g/mol. The lowest BCUT2D eigenvalue weighted by molar-refractivity contribution is 0.110. The van der Waals surface area contributed by atoms with E-state index >= 15 is 0 Å². The molecule has 3 heterocycles. The van der Waals surface area contributed by atoms with Crippen molar-refractivity contribution in [2.75, 3.05) is 18.6 Å². The number of halogens is 2. The van der Waals surface area contributed by atoms with Gasteiger partial charge in [-0.15, -0.1) is 0 Å². The first-order valence-corrected chi connectivity index (χ1v) is 9.99. The van der Waals surface area contributed by atoms with Crippen LogP contribution >= 0.6 is 23.2 Å². The van der Waals surface area contributed by atoms with Crippen molar-refractivity contribution in [3.05, 3.63) is 54.6 Å². The smallest absolute Gasteiger partial charge is 0.332 e. The van der Waals surface area contributed by atoms with Crippen molar-refractivity contribution < 1.29 is 4.74 Å². The summed E-state index contributed by atoms with van der Waals surface area (Å²) in [5.74, 6) is 0.575. The van der Waals surface area contributed by atoms with Gasteiger partial charge < -0.3 is 14.2 Å². The van der Waals surface area contributed by atoms with Gasteiger partial charge in [-0.25, -0.2) is 4.79 Å². The molecule has 4 rings (SSSR count). The summed E-state index contributed by atoms with van der Waals surface area (Å²) in [6, 6.07) is 5.04. The van der Waals surface area contributed by atoms with E-state index in [2.05, 4.69) is 4.98 Å². The van der Waals surface area contributed by atoms with Crippen LogP contribution < -0.4 is 16.1 Å². The molecule has 1 aromatic carbocycles. The van der Waals surface area contributed by atoms with Crippen molar-refractivity contribution in [1.82, 2.24) is 18.7 Å². The minimum Gasteiger partial charge on any atom is -0.358 e. The number of imidazole rings is 1. The summed E-state index contributed by atoms with van der Waals surface area (Å²) in [5.41, 5.74) is 0.547. The lowest BCUT2D eigenvalue weighted by Gasteiger charge is -2.24. The zero-order valence-corrected chi connectivity index (χ0v) is 17.9. The first-order valence-electron chi connectivity index (χ1n) is 9.24. The van der Waals surface area contributed by atoms with Crippen LogP contribution in [0.1, 0.15) is 18.4 Å². The van der Waals surface area contributed by atoms with Crippen LogP contribution in [0.15, 0.2) is 27.8 Å². The Morgan fingerprint density at radius 3 is 2.62 bits per heavy atom. The number of benzene rings is 1. The number of nitrogens with zero attached hydrogens (tertiary/aromatic N) is 5. The standard InChI is InChI=1S/C19H21Cl2N5O3/c1-23(14-5-4-8-29-14)18-22-16-15(24(18)2)17(27)26(19(28)25(16)3)10-11-6-7-12(20)13(21)9-11/h6-7,9,14H,4-5,8,10H2,1-3H3/t14-/m0/s1. The Morgan fingerprint density at radius 1 is 1.21 bits per heavy atom. The fourth-order valence-electron chi connectivity index (χ4n) is 3.70. The van der Waals surface area contributed by atoms with Gasteiger partial charge in [0.05, 0.1) is 16.6 Å². The third-order valence-corrected chi connectivity index (χ3v) is 6.05. The molecule has 0 unspecified atom stereocenters. The van der Waals surface area contributed by atoms with E-state index in [-0.39, 0.29) is 12.8 Å². The van der Waals surface area contributed by atoms with Gasteiger partial charge in [0.1, 0.15) is 6.23 Å². The molecule has 0 saturated carbocycles. The number of hydrogen-bond acceptors (Lipinski definition) is 5. The maximum Gasteiger partial charge on any atom is 0.332 e. The van der Waals surface area contributed by atoms with E-state index in [9.17, 15) is 9.59 Å². The van der Waals surface area contributed by atoms with Gasteiger partial charge in [0, 0.05) is 27.7 Å². The van der Waals surface area contributed by atoms with Crippen LogP contribution in [0.2, 0.25) is 10.0 Å². The van der Waals surface area contributed by atoms with Crippen LogP contribution in [0.5, 0.6) is 0 Å². The Morgan fingerprint density at radius 2 is 1.97 bits per heavy atom. The summed E-state index contributed by atoms with van der Waals surface area (Å²) in [6.45, 7) is 0.786.